The minimum atomic E-state index is -2.38. The van der Waals surface area contributed by atoms with Crippen LogP contribution in [-0.4, -0.2) is 62.5 Å². The zero-order chi connectivity index (χ0) is 27.2. The van der Waals surface area contributed by atoms with E-state index >= 15 is 0 Å². The number of rotatable bonds is 9. The Morgan fingerprint density at radius 2 is 1.82 bits per heavy atom. The van der Waals surface area contributed by atoms with Crippen LogP contribution in [0.2, 0.25) is 0 Å². The molecule has 0 spiro atoms. The molecule has 2 aliphatic heterocycles. The van der Waals surface area contributed by atoms with Crippen molar-refractivity contribution in [2.75, 3.05) is 48.3 Å². The fourth-order valence-electron chi connectivity index (χ4n) is 5.34. The molecule has 3 heterocycles. The van der Waals surface area contributed by atoms with Gasteiger partial charge >= 0.3 is 0 Å². The number of aromatic nitrogens is 2. The van der Waals surface area contributed by atoms with Crippen molar-refractivity contribution < 1.29 is 13.5 Å². The van der Waals surface area contributed by atoms with Crippen molar-refractivity contribution >= 4 is 55.8 Å². The van der Waals surface area contributed by atoms with Crippen molar-refractivity contribution in [2.45, 2.75) is 50.0 Å². The van der Waals surface area contributed by atoms with Crippen molar-refractivity contribution in [1.29, 1.82) is 0 Å². The molecule has 0 amide bonds. The lowest BCUT2D eigenvalue weighted by molar-refractivity contribution is 0.141. The number of piperidine rings is 2. The van der Waals surface area contributed by atoms with Gasteiger partial charge in [0.1, 0.15) is 11.6 Å². The first kappa shape index (κ1) is 27.8. The van der Waals surface area contributed by atoms with Crippen molar-refractivity contribution in [2.24, 2.45) is 0 Å². The van der Waals surface area contributed by atoms with Crippen molar-refractivity contribution in [1.82, 2.24) is 14.9 Å². The van der Waals surface area contributed by atoms with E-state index in [2.05, 4.69) is 58.5 Å². The highest BCUT2D eigenvalue weighted by Crippen LogP contribution is 2.34. The summed E-state index contributed by atoms with van der Waals surface area (Å²) in [5, 5.41) is 6.37. The standard InChI is InChI=1S/C28H35BrN6O3S/c1-2-38-25-18-21(35-16-12-20(13-17-35)34-14-6-3-7-15-34)10-11-23(25)32-28-30-19-22(29)27(33-28)31-24-8-4-5-9-26(24)39(36)37/h4-5,8-11,18-20H,2-3,6-7,12-17H2,1H3,(H,36,37)(H2,30,31,32,33)/p-1. The number of hydrogen-bond acceptors (Lipinski definition) is 9. The minimum absolute atomic E-state index is 0.159. The topological polar surface area (TPSA) is 106 Å². The van der Waals surface area contributed by atoms with Crippen molar-refractivity contribution in [3.63, 3.8) is 0 Å². The zero-order valence-electron chi connectivity index (χ0n) is 22.1. The van der Waals surface area contributed by atoms with Gasteiger partial charge in [0.05, 0.1) is 22.5 Å². The van der Waals surface area contributed by atoms with E-state index in [1.165, 1.54) is 51.3 Å². The molecule has 2 aromatic carbocycles. The smallest absolute Gasteiger partial charge is 0.229 e. The summed E-state index contributed by atoms with van der Waals surface area (Å²) in [5.41, 5.74) is 2.35. The molecule has 1 atom stereocenters. The first-order chi connectivity index (χ1) is 19.0. The fraction of sp³-hybridized carbons (Fsp3) is 0.429. The molecule has 2 saturated heterocycles. The van der Waals surface area contributed by atoms with Crippen LogP contribution < -0.4 is 20.3 Å². The molecule has 0 saturated carbocycles. The fourth-order valence-corrected chi connectivity index (χ4v) is 6.12. The van der Waals surface area contributed by atoms with Gasteiger partial charge in [-0.1, -0.05) is 18.6 Å². The van der Waals surface area contributed by atoms with Gasteiger partial charge in [0, 0.05) is 42.0 Å². The van der Waals surface area contributed by atoms with E-state index in [0.717, 1.165) is 30.2 Å². The SMILES string of the molecule is CCOc1cc(N2CCC(N3CCCCC3)CC2)ccc1Nc1ncc(Br)c(Nc2ccccc2S(=O)[O-])n1. The third kappa shape index (κ3) is 6.89. The Morgan fingerprint density at radius 1 is 1.05 bits per heavy atom. The van der Waals surface area contributed by atoms with Crippen LogP contribution in [0.3, 0.4) is 0 Å². The quantitative estimate of drug-likeness (QED) is 0.289. The van der Waals surface area contributed by atoms with Crippen LogP contribution in [0.5, 0.6) is 5.75 Å². The van der Waals surface area contributed by atoms with E-state index in [9.17, 15) is 8.76 Å². The Kier molecular flexibility index (Phi) is 9.33. The number of anilines is 5. The van der Waals surface area contributed by atoms with Gasteiger partial charge in [-0.05, 0) is 97.0 Å². The first-order valence-electron chi connectivity index (χ1n) is 13.5. The Labute approximate surface area is 240 Å². The number of ether oxygens (including phenoxy) is 1. The van der Waals surface area contributed by atoms with Crippen LogP contribution in [0.1, 0.15) is 39.0 Å². The molecule has 5 rings (SSSR count). The summed E-state index contributed by atoms with van der Waals surface area (Å²) in [6.45, 7) is 7.08. The Hall–Kier alpha value is -2.73. The molecular formula is C28H34BrN6O3S-. The summed E-state index contributed by atoms with van der Waals surface area (Å²) in [6.07, 6.45) is 8.04. The molecule has 1 unspecified atom stereocenters. The number of likely N-dealkylation sites (tertiary alicyclic amines) is 1. The van der Waals surface area contributed by atoms with Gasteiger partial charge in [0.2, 0.25) is 5.95 Å². The maximum atomic E-state index is 11.6. The third-order valence-corrected chi connectivity index (χ3v) is 8.61. The number of benzene rings is 2. The van der Waals surface area contributed by atoms with Crippen LogP contribution >= 0.6 is 15.9 Å². The summed E-state index contributed by atoms with van der Waals surface area (Å²) >= 11 is 1.07. The predicted molar refractivity (Wildman–Crippen MR) is 158 cm³/mol. The number of nitrogens with zero attached hydrogens (tertiary/aromatic N) is 4. The number of hydrogen-bond donors (Lipinski definition) is 2. The highest BCUT2D eigenvalue weighted by Gasteiger charge is 2.26. The lowest BCUT2D eigenvalue weighted by Crippen LogP contribution is -2.46. The van der Waals surface area contributed by atoms with Crippen LogP contribution in [0.25, 0.3) is 0 Å². The predicted octanol–water partition coefficient (Wildman–Crippen LogP) is 5.82. The molecule has 3 aromatic rings. The lowest BCUT2D eigenvalue weighted by atomic mass is 9.99. The highest BCUT2D eigenvalue weighted by atomic mass is 79.9. The van der Waals surface area contributed by atoms with Gasteiger partial charge in [-0.3, -0.25) is 4.21 Å². The van der Waals surface area contributed by atoms with E-state index in [4.69, 9.17) is 4.74 Å². The van der Waals surface area contributed by atoms with Crippen LogP contribution in [0.4, 0.5) is 28.8 Å². The third-order valence-electron chi connectivity index (χ3n) is 7.31. The second-order valence-electron chi connectivity index (χ2n) is 9.80. The molecule has 11 heteroatoms. The number of nitrogens with one attached hydrogen (secondary N) is 2. The monoisotopic (exact) mass is 613 g/mol. The average molecular weight is 615 g/mol. The minimum Gasteiger partial charge on any atom is -0.768 e. The second-order valence-corrected chi connectivity index (χ2v) is 11.6. The molecular weight excluding hydrogens is 580 g/mol. The molecule has 39 heavy (non-hydrogen) atoms. The maximum Gasteiger partial charge on any atom is 0.229 e. The van der Waals surface area contributed by atoms with E-state index in [-0.39, 0.29) is 4.90 Å². The van der Waals surface area contributed by atoms with Gasteiger partial charge in [-0.2, -0.15) is 4.98 Å². The first-order valence-corrected chi connectivity index (χ1v) is 15.4. The molecule has 0 bridgehead atoms. The highest BCUT2D eigenvalue weighted by molar-refractivity contribution is 9.10. The Bertz CT molecular complexity index is 1300. The molecule has 9 nitrogen and oxygen atoms in total. The Balaban J connectivity index is 1.30. The van der Waals surface area contributed by atoms with Gasteiger partial charge in [-0.25, -0.2) is 4.98 Å². The van der Waals surface area contributed by atoms with Gasteiger partial charge in [0.25, 0.3) is 0 Å². The summed E-state index contributed by atoms with van der Waals surface area (Å²) in [7, 11) is 0. The molecule has 2 aliphatic rings. The average Bonchev–Trinajstić information content (AvgIpc) is 2.96. The summed E-state index contributed by atoms with van der Waals surface area (Å²) in [6, 6.07) is 13.6. The largest absolute Gasteiger partial charge is 0.768 e. The molecule has 1 aromatic heterocycles. The van der Waals surface area contributed by atoms with Crippen LogP contribution in [-0.2, 0) is 11.1 Å². The molecule has 0 radical (unpaired) electrons. The van der Waals surface area contributed by atoms with E-state index in [1.807, 2.05) is 13.0 Å². The second kappa shape index (κ2) is 13.1. The Morgan fingerprint density at radius 3 is 2.56 bits per heavy atom. The molecule has 2 fully saturated rings. The van der Waals surface area contributed by atoms with Gasteiger partial charge in [-0.15, -0.1) is 0 Å². The lowest BCUT2D eigenvalue weighted by Gasteiger charge is -2.41. The molecule has 208 valence electrons. The van der Waals surface area contributed by atoms with Crippen LogP contribution in [0, 0.1) is 0 Å². The van der Waals surface area contributed by atoms with Crippen molar-refractivity contribution in [3.8, 4) is 5.75 Å². The number of halogens is 1. The maximum absolute atomic E-state index is 11.6. The molecule has 2 N–H and O–H groups in total. The number of para-hydroxylation sites is 1. The molecule has 0 aliphatic carbocycles. The zero-order valence-corrected chi connectivity index (χ0v) is 24.5. The summed E-state index contributed by atoms with van der Waals surface area (Å²) in [5.74, 6) is 1.54. The van der Waals surface area contributed by atoms with E-state index in [0.29, 0.717) is 34.6 Å². The van der Waals surface area contributed by atoms with E-state index in [1.54, 1.807) is 24.4 Å². The van der Waals surface area contributed by atoms with E-state index < -0.39 is 11.1 Å². The van der Waals surface area contributed by atoms with Gasteiger partial charge in [0.15, 0.2) is 0 Å². The van der Waals surface area contributed by atoms with Gasteiger partial charge < -0.3 is 29.7 Å². The normalized spacial score (nSPS) is 17.6. The summed E-state index contributed by atoms with van der Waals surface area (Å²) < 4.78 is 29.8. The summed E-state index contributed by atoms with van der Waals surface area (Å²) in [4.78, 5) is 14.3. The van der Waals surface area contributed by atoms with Crippen LogP contribution in [0.15, 0.2) is 58.0 Å². The van der Waals surface area contributed by atoms with Crippen molar-refractivity contribution in [3.05, 3.63) is 53.1 Å².